The van der Waals surface area contributed by atoms with Gasteiger partial charge >= 0.3 is 0 Å². The SMILES string of the molecule is O=C(Nc1cccnn1)C(CC1CCCC1)c1ccc(Cl)c(Cl)c1. The second-order valence-corrected chi connectivity index (χ2v) is 7.02. The zero-order valence-corrected chi connectivity index (χ0v) is 14.7. The van der Waals surface area contributed by atoms with Crippen LogP contribution in [0.5, 0.6) is 0 Å². The van der Waals surface area contributed by atoms with Crippen LogP contribution >= 0.6 is 23.2 Å². The molecule has 1 saturated carbocycles. The molecule has 24 heavy (non-hydrogen) atoms. The van der Waals surface area contributed by atoms with Crippen molar-refractivity contribution in [1.82, 2.24) is 10.2 Å². The van der Waals surface area contributed by atoms with E-state index in [0.717, 1.165) is 12.0 Å². The van der Waals surface area contributed by atoms with Gasteiger partial charge in [0.15, 0.2) is 5.82 Å². The first-order chi connectivity index (χ1) is 11.6. The van der Waals surface area contributed by atoms with E-state index >= 15 is 0 Å². The first kappa shape index (κ1) is 17.2. The first-order valence-electron chi connectivity index (χ1n) is 8.17. The van der Waals surface area contributed by atoms with Crippen LogP contribution in [0.25, 0.3) is 0 Å². The van der Waals surface area contributed by atoms with E-state index in [2.05, 4.69) is 15.5 Å². The van der Waals surface area contributed by atoms with Crippen LogP contribution in [-0.2, 0) is 4.79 Å². The summed E-state index contributed by atoms with van der Waals surface area (Å²) in [5, 5.41) is 11.5. The zero-order valence-electron chi connectivity index (χ0n) is 13.2. The van der Waals surface area contributed by atoms with E-state index in [9.17, 15) is 4.79 Å². The van der Waals surface area contributed by atoms with Gasteiger partial charge in [-0.1, -0.05) is 55.0 Å². The Morgan fingerprint density at radius 3 is 2.67 bits per heavy atom. The quantitative estimate of drug-likeness (QED) is 0.804. The molecule has 6 heteroatoms. The number of benzene rings is 1. The lowest BCUT2D eigenvalue weighted by Gasteiger charge is -2.20. The summed E-state index contributed by atoms with van der Waals surface area (Å²) in [4.78, 5) is 12.8. The molecular formula is C18H19Cl2N3O. The van der Waals surface area contributed by atoms with Crippen LogP contribution in [0.3, 0.4) is 0 Å². The number of hydrogen-bond acceptors (Lipinski definition) is 3. The highest BCUT2D eigenvalue weighted by Crippen LogP contribution is 2.36. The second kappa shape index (κ2) is 7.95. The summed E-state index contributed by atoms with van der Waals surface area (Å²) in [6.45, 7) is 0. The van der Waals surface area contributed by atoms with E-state index in [-0.39, 0.29) is 11.8 Å². The van der Waals surface area contributed by atoms with E-state index in [1.807, 2.05) is 6.07 Å². The van der Waals surface area contributed by atoms with Crippen LogP contribution in [0, 0.1) is 5.92 Å². The predicted molar refractivity (Wildman–Crippen MR) is 96.4 cm³/mol. The molecule has 1 aromatic carbocycles. The molecule has 0 aliphatic heterocycles. The second-order valence-electron chi connectivity index (χ2n) is 6.21. The molecule has 1 unspecified atom stereocenters. The smallest absolute Gasteiger partial charge is 0.233 e. The fraction of sp³-hybridized carbons (Fsp3) is 0.389. The van der Waals surface area contributed by atoms with Crippen molar-refractivity contribution in [3.63, 3.8) is 0 Å². The van der Waals surface area contributed by atoms with Crippen LogP contribution in [-0.4, -0.2) is 16.1 Å². The molecule has 126 valence electrons. The average Bonchev–Trinajstić information content (AvgIpc) is 3.09. The molecule has 4 nitrogen and oxygen atoms in total. The zero-order chi connectivity index (χ0) is 16.9. The lowest BCUT2D eigenvalue weighted by molar-refractivity contribution is -0.118. The van der Waals surface area contributed by atoms with Crippen molar-refractivity contribution < 1.29 is 4.79 Å². The standard InChI is InChI=1S/C18H19Cl2N3O/c19-15-8-7-13(11-16(15)20)14(10-12-4-1-2-5-12)18(24)22-17-6-3-9-21-23-17/h3,6-9,11-12,14H,1-2,4-5,10H2,(H,22,23,24). The number of rotatable bonds is 5. The third-order valence-electron chi connectivity index (χ3n) is 4.53. The molecule has 0 radical (unpaired) electrons. The number of anilines is 1. The molecule has 1 aromatic heterocycles. The molecule has 1 amide bonds. The Kier molecular flexibility index (Phi) is 5.69. The third-order valence-corrected chi connectivity index (χ3v) is 5.27. The number of hydrogen-bond donors (Lipinski definition) is 1. The van der Waals surface area contributed by atoms with Crippen LogP contribution < -0.4 is 5.32 Å². The maximum absolute atomic E-state index is 12.8. The topological polar surface area (TPSA) is 54.9 Å². The molecule has 0 saturated heterocycles. The molecule has 1 atom stereocenters. The molecule has 1 aliphatic carbocycles. The minimum Gasteiger partial charge on any atom is -0.309 e. The van der Waals surface area contributed by atoms with Gasteiger partial charge in [0.2, 0.25) is 5.91 Å². The highest BCUT2D eigenvalue weighted by atomic mass is 35.5. The normalized spacial score (nSPS) is 16.1. The van der Waals surface area contributed by atoms with E-state index in [1.165, 1.54) is 25.7 Å². The van der Waals surface area contributed by atoms with Gasteiger partial charge in [0, 0.05) is 6.20 Å². The number of amides is 1. The summed E-state index contributed by atoms with van der Waals surface area (Å²) in [7, 11) is 0. The summed E-state index contributed by atoms with van der Waals surface area (Å²) in [6.07, 6.45) is 7.22. The predicted octanol–water partition coefficient (Wildman–Crippen LogP) is 5.09. The molecule has 1 fully saturated rings. The summed E-state index contributed by atoms with van der Waals surface area (Å²) >= 11 is 12.2. The number of carbonyl (C=O) groups excluding carboxylic acids is 1. The van der Waals surface area contributed by atoms with Crippen molar-refractivity contribution in [2.45, 2.75) is 38.0 Å². The van der Waals surface area contributed by atoms with Gasteiger partial charge < -0.3 is 5.32 Å². The Bertz CT molecular complexity index is 703. The van der Waals surface area contributed by atoms with E-state index in [1.54, 1.807) is 30.5 Å². The average molecular weight is 364 g/mol. The van der Waals surface area contributed by atoms with Gasteiger partial charge in [-0.05, 0) is 42.2 Å². The Morgan fingerprint density at radius 1 is 1.21 bits per heavy atom. The van der Waals surface area contributed by atoms with Gasteiger partial charge in [0.05, 0.1) is 16.0 Å². The fourth-order valence-electron chi connectivity index (χ4n) is 3.28. The molecule has 2 aromatic rings. The Morgan fingerprint density at radius 2 is 2.00 bits per heavy atom. The van der Waals surface area contributed by atoms with Crippen LogP contribution in [0.1, 0.15) is 43.6 Å². The highest BCUT2D eigenvalue weighted by Gasteiger charge is 2.27. The maximum atomic E-state index is 12.8. The Labute approximate surface area is 151 Å². The number of carbonyl (C=O) groups is 1. The monoisotopic (exact) mass is 363 g/mol. The molecule has 1 N–H and O–H groups in total. The summed E-state index contributed by atoms with van der Waals surface area (Å²) in [6, 6.07) is 8.89. The fourth-order valence-corrected chi connectivity index (χ4v) is 3.59. The van der Waals surface area contributed by atoms with Gasteiger partial charge in [-0.2, -0.15) is 5.10 Å². The van der Waals surface area contributed by atoms with E-state index in [0.29, 0.717) is 21.8 Å². The molecule has 1 aliphatic rings. The molecular weight excluding hydrogens is 345 g/mol. The van der Waals surface area contributed by atoms with Gasteiger partial charge in [0.25, 0.3) is 0 Å². The number of nitrogens with one attached hydrogen (secondary N) is 1. The van der Waals surface area contributed by atoms with Gasteiger partial charge in [-0.15, -0.1) is 5.10 Å². The van der Waals surface area contributed by atoms with Crippen molar-refractivity contribution in [2.24, 2.45) is 5.92 Å². The van der Waals surface area contributed by atoms with E-state index in [4.69, 9.17) is 23.2 Å². The van der Waals surface area contributed by atoms with Gasteiger partial charge in [0.1, 0.15) is 0 Å². The minimum absolute atomic E-state index is 0.0826. The van der Waals surface area contributed by atoms with E-state index < -0.39 is 0 Å². The maximum Gasteiger partial charge on any atom is 0.233 e. The third kappa shape index (κ3) is 4.25. The minimum atomic E-state index is -0.273. The van der Waals surface area contributed by atoms with Gasteiger partial charge in [-0.3, -0.25) is 4.79 Å². The van der Waals surface area contributed by atoms with Crippen LogP contribution in [0.2, 0.25) is 10.0 Å². The molecule has 0 bridgehead atoms. The molecule has 3 rings (SSSR count). The molecule has 1 heterocycles. The lowest BCUT2D eigenvalue weighted by Crippen LogP contribution is -2.23. The number of aromatic nitrogens is 2. The van der Waals surface area contributed by atoms with Crippen molar-refractivity contribution in [3.8, 4) is 0 Å². The Hall–Kier alpha value is -1.65. The Balaban J connectivity index is 1.82. The summed E-state index contributed by atoms with van der Waals surface area (Å²) < 4.78 is 0. The highest BCUT2D eigenvalue weighted by molar-refractivity contribution is 6.42. The van der Waals surface area contributed by atoms with Crippen LogP contribution in [0.15, 0.2) is 36.5 Å². The molecule has 0 spiro atoms. The summed E-state index contributed by atoms with van der Waals surface area (Å²) in [5.74, 6) is 0.668. The van der Waals surface area contributed by atoms with Crippen molar-refractivity contribution in [1.29, 1.82) is 0 Å². The number of halogens is 2. The van der Waals surface area contributed by atoms with Gasteiger partial charge in [-0.25, -0.2) is 0 Å². The van der Waals surface area contributed by atoms with Crippen LogP contribution in [0.4, 0.5) is 5.82 Å². The van der Waals surface area contributed by atoms with Crippen molar-refractivity contribution in [3.05, 3.63) is 52.1 Å². The summed E-state index contributed by atoms with van der Waals surface area (Å²) in [5.41, 5.74) is 0.887. The number of nitrogens with zero attached hydrogens (tertiary/aromatic N) is 2. The largest absolute Gasteiger partial charge is 0.309 e. The lowest BCUT2D eigenvalue weighted by atomic mass is 9.87. The van der Waals surface area contributed by atoms with Crippen molar-refractivity contribution >= 4 is 34.9 Å². The first-order valence-corrected chi connectivity index (χ1v) is 8.92. The van der Waals surface area contributed by atoms with Crippen molar-refractivity contribution in [2.75, 3.05) is 5.32 Å².